The molecule has 4 heterocycles. The van der Waals surface area contributed by atoms with Crippen LogP contribution in [-0.4, -0.2) is 93.4 Å². The molecule has 11 nitrogen and oxygen atoms in total. The van der Waals surface area contributed by atoms with Crippen molar-refractivity contribution in [1.82, 2.24) is 19.9 Å². The van der Waals surface area contributed by atoms with Gasteiger partial charge in [-0.25, -0.2) is 9.59 Å². The van der Waals surface area contributed by atoms with Gasteiger partial charge in [-0.2, -0.15) is 9.90 Å². The Balaban J connectivity index is 1.18. The number of hydrogen-bond acceptors (Lipinski definition) is 8. The van der Waals surface area contributed by atoms with Crippen molar-refractivity contribution >= 4 is 12.1 Å². The fourth-order valence-corrected chi connectivity index (χ4v) is 5.82. The van der Waals surface area contributed by atoms with E-state index in [1.807, 2.05) is 0 Å². The smallest absolute Gasteiger partial charge is 0.410 e. The van der Waals surface area contributed by atoms with Gasteiger partial charge in [0, 0.05) is 26.1 Å². The van der Waals surface area contributed by atoms with Gasteiger partial charge in [0.2, 0.25) is 0 Å². The third-order valence-corrected chi connectivity index (χ3v) is 7.88. The summed E-state index contributed by atoms with van der Waals surface area (Å²) < 4.78 is 24.1. The number of carboxylic acid groups (broad SMARTS) is 1. The van der Waals surface area contributed by atoms with Gasteiger partial charge < -0.3 is 29.0 Å². The van der Waals surface area contributed by atoms with Gasteiger partial charge >= 0.3 is 12.1 Å². The van der Waals surface area contributed by atoms with Crippen molar-refractivity contribution in [2.24, 2.45) is 11.8 Å². The molecule has 11 heteroatoms. The fourth-order valence-electron chi connectivity index (χ4n) is 5.82. The average molecular weight is 491 g/mol. The maximum atomic E-state index is 12.9. The van der Waals surface area contributed by atoms with Crippen molar-refractivity contribution in [3.8, 4) is 0 Å². The second-order valence-corrected chi connectivity index (χ2v) is 10.7. The lowest BCUT2D eigenvalue weighted by atomic mass is 9.68. The monoisotopic (exact) mass is 490 g/mol. The summed E-state index contributed by atoms with van der Waals surface area (Å²) in [4.78, 5) is 26.9. The zero-order valence-corrected chi connectivity index (χ0v) is 20.7. The summed E-state index contributed by atoms with van der Waals surface area (Å²) in [5.74, 6) is -0.979. The number of carboxylic acids is 1. The first kappa shape index (κ1) is 24.2. The van der Waals surface area contributed by atoms with E-state index in [0.717, 1.165) is 12.8 Å². The number of ether oxygens (including phenoxy) is 4. The van der Waals surface area contributed by atoms with Crippen LogP contribution in [0.15, 0.2) is 17.8 Å². The fraction of sp³-hybridized carbons (Fsp3) is 0.750. The molecule has 1 aliphatic carbocycles. The SMILES string of the molecule is CO[C@@H]1[C@H](OC(=O)N2CC(Cn3ncc(C(=O)O)n3)C2)CC[C@]2(CO2)[C@H]1[C@@]1(C)O[C@@H]1CC=C(C)C. The van der Waals surface area contributed by atoms with Crippen LogP contribution in [0.2, 0.25) is 0 Å². The van der Waals surface area contributed by atoms with Gasteiger partial charge in [0.25, 0.3) is 0 Å². The highest BCUT2D eigenvalue weighted by Gasteiger charge is 2.72. The molecule has 1 aromatic heterocycles. The maximum Gasteiger partial charge on any atom is 0.410 e. The lowest BCUT2D eigenvalue weighted by molar-refractivity contribution is -0.124. The molecular weight excluding hydrogens is 456 g/mol. The predicted octanol–water partition coefficient (Wildman–Crippen LogP) is 2.12. The molecule has 1 spiro atoms. The maximum absolute atomic E-state index is 12.9. The van der Waals surface area contributed by atoms with Crippen LogP contribution in [0, 0.1) is 11.8 Å². The predicted molar refractivity (Wildman–Crippen MR) is 122 cm³/mol. The molecule has 5 rings (SSSR count). The first-order valence-electron chi connectivity index (χ1n) is 12.2. The summed E-state index contributed by atoms with van der Waals surface area (Å²) in [5, 5.41) is 16.9. The van der Waals surface area contributed by atoms with Crippen molar-refractivity contribution in [3.05, 3.63) is 23.5 Å². The van der Waals surface area contributed by atoms with Crippen molar-refractivity contribution in [2.45, 2.75) is 76.1 Å². The van der Waals surface area contributed by atoms with Gasteiger partial charge in [-0.15, -0.1) is 5.10 Å². The topological polar surface area (TPSA) is 132 Å². The lowest BCUT2D eigenvalue weighted by Crippen LogP contribution is -2.58. The molecule has 1 saturated carbocycles. The largest absolute Gasteiger partial charge is 0.476 e. The lowest BCUT2D eigenvalue weighted by Gasteiger charge is -2.44. The van der Waals surface area contributed by atoms with Crippen LogP contribution in [0.4, 0.5) is 4.79 Å². The molecule has 4 fully saturated rings. The second kappa shape index (κ2) is 8.86. The van der Waals surface area contributed by atoms with E-state index in [4.69, 9.17) is 24.1 Å². The van der Waals surface area contributed by atoms with Crippen molar-refractivity contribution in [1.29, 1.82) is 0 Å². The molecule has 6 atom stereocenters. The number of carbonyl (C=O) groups is 2. The summed E-state index contributed by atoms with van der Waals surface area (Å²) in [5.41, 5.74) is 0.539. The Bertz CT molecular complexity index is 1010. The standard InChI is InChI=1S/C24H34N4O7/c1-14(2)5-6-18-23(3,35-18)20-19(32-4)17(7-8-24(20)13-33-24)34-22(31)27-10-15(11-27)12-28-25-9-16(26-28)21(29)30/h5,9,15,17-20H,6-8,10-13H2,1-4H3,(H,29,30)/t17-,18-,19-,20-,23+,24+/m1/s1. The van der Waals surface area contributed by atoms with Crippen LogP contribution in [-0.2, 0) is 25.5 Å². The zero-order chi connectivity index (χ0) is 25.0. The Morgan fingerprint density at radius 2 is 2.09 bits per heavy atom. The number of likely N-dealkylation sites (tertiary alicyclic amines) is 1. The molecule has 4 aliphatic rings. The summed E-state index contributed by atoms with van der Waals surface area (Å²) >= 11 is 0. The van der Waals surface area contributed by atoms with E-state index < -0.39 is 5.97 Å². The van der Waals surface area contributed by atoms with Crippen LogP contribution >= 0.6 is 0 Å². The Morgan fingerprint density at radius 3 is 2.69 bits per heavy atom. The molecule has 35 heavy (non-hydrogen) atoms. The number of amides is 1. The molecule has 3 saturated heterocycles. The molecule has 0 bridgehead atoms. The Hall–Kier alpha value is -2.50. The first-order valence-corrected chi connectivity index (χ1v) is 12.2. The summed E-state index contributed by atoms with van der Waals surface area (Å²) in [6.45, 7) is 8.44. The van der Waals surface area contributed by atoms with Gasteiger partial charge in [-0.3, -0.25) is 0 Å². The van der Waals surface area contributed by atoms with Crippen LogP contribution in [0.1, 0.15) is 50.5 Å². The van der Waals surface area contributed by atoms with Crippen LogP contribution in [0.5, 0.6) is 0 Å². The quantitative estimate of drug-likeness (QED) is 0.430. The van der Waals surface area contributed by atoms with Crippen molar-refractivity contribution < 1.29 is 33.6 Å². The second-order valence-electron chi connectivity index (χ2n) is 10.7. The minimum absolute atomic E-state index is 0.0134. The number of carbonyl (C=O) groups excluding carboxylic acids is 1. The van der Waals surface area contributed by atoms with Crippen LogP contribution < -0.4 is 0 Å². The van der Waals surface area contributed by atoms with E-state index in [1.54, 1.807) is 12.0 Å². The molecule has 0 aromatic carbocycles. The first-order chi connectivity index (χ1) is 16.6. The Kier molecular flexibility index (Phi) is 6.13. The van der Waals surface area contributed by atoms with E-state index in [9.17, 15) is 9.59 Å². The highest BCUT2D eigenvalue weighted by molar-refractivity contribution is 5.84. The molecule has 3 aliphatic heterocycles. The van der Waals surface area contributed by atoms with E-state index >= 15 is 0 Å². The number of allylic oxidation sites excluding steroid dienone is 1. The summed E-state index contributed by atoms with van der Waals surface area (Å²) in [7, 11) is 1.67. The van der Waals surface area contributed by atoms with Gasteiger partial charge in [0.1, 0.15) is 23.4 Å². The highest BCUT2D eigenvalue weighted by atomic mass is 16.6. The van der Waals surface area contributed by atoms with Gasteiger partial charge in [0.15, 0.2) is 5.69 Å². The Labute approximate surface area is 204 Å². The number of aromatic nitrogens is 3. The molecule has 1 amide bonds. The van der Waals surface area contributed by atoms with Crippen LogP contribution in [0.3, 0.4) is 0 Å². The molecular formula is C24H34N4O7. The number of epoxide rings is 2. The average Bonchev–Trinajstić information content (AvgIpc) is 3.63. The third kappa shape index (κ3) is 4.56. The number of rotatable bonds is 8. The summed E-state index contributed by atoms with van der Waals surface area (Å²) in [6.07, 6.45) is 4.82. The van der Waals surface area contributed by atoms with Gasteiger partial charge in [0.05, 0.1) is 31.4 Å². The number of hydrogen-bond donors (Lipinski definition) is 1. The third-order valence-electron chi connectivity index (χ3n) is 7.88. The normalized spacial score (nSPS) is 35.9. The van der Waals surface area contributed by atoms with Crippen molar-refractivity contribution in [3.63, 3.8) is 0 Å². The van der Waals surface area contributed by atoms with E-state index in [2.05, 4.69) is 37.0 Å². The minimum Gasteiger partial charge on any atom is -0.476 e. The summed E-state index contributed by atoms with van der Waals surface area (Å²) in [6, 6.07) is 0. The molecule has 0 radical (unpaired) electrons. The van der Waals surface area contributed by atoms with Crippen molar-refractivity contribution in [2.75, 3.05) is 26.8 Å². The minimum atomic E-state index is -1.11. The van der Waals surface area contributed by atoms with E-state index in [-0.39, 0.29) is 53.1 Å². The number of methoxy groups -OCH3 is 1. The Morgan fingerprint density at radius 1 is 1.34 bits per heavy atom. The molecule has 1 aromatic rings. The number of aromatic carboxylic acids is 1. The van der Waals surface area contributed by atoms with Gasteiger partial charge in [-0.05, 0) is 40.0 Å². The number of nitrogens with zero attached hydrogens (tertiary/aromatic N) is 4. The van der Waals surface area contributed by atoms with E-state index in [1.165, 1.54) is 16.6 Å². The highest BCUT2D eigenvalue weighted by Crippen LogP contribution is 2.59. The molecule has 0 unspecified atom stereocenters. The van der Waals surface area contributed by atoms with E-state index in [0.29, 0.717) is 32.7 Å². The van der Waals surface area contributed by atoms with Gasteiger partial charge in [-0.1, -0.05) is 11.6 Å². The molecule has 1 N–H and O–H groups in total. The zero-order valence-electron chi connectivity index (χ0n) is 20.7. The molecule has 192 valence electrons. The van der Waals surface area contributed by atoms with Crippen LogP contribution in [0.25, 0.3) is 0 Å².